The Hall–Kier alpha value is -1.00. The van der Waals surface area contributed by atoms with Gasteiger partial charge in [-0.15, -0.1) is 0 Å². The molecule has 10 nitrogen and oxygen atoms in total. The van der Waals surface area contributed by atoms with Crippen LogP contribution in [0.25, 0.3) is 0 Å². The van der Waals surface area contributed by atoms with E-state index in [2.05, 4.69) is 55.1 Å². The van der Waals surface area contributed by atoms with Gasteiger partial charge in [-0.3, -0.25) is 9.05 Å². The van der Waals surface area contributed by atoms with Gasteiger partial charge in [0.05, 0.1) is 39.6 Å². The Labute approximate surface area is 296 Å². The molecule has 9 unspecified atom stereocenters. The highest BCUT2D eigenvalue weighted by molar-refractivity contribution is 7.47. The summed E-state index contributed by atoms with van der Waals surface area (Å²) in [5.74, 6) is 4.98. The van der Waals surface area contributed by atoms with Gasteiger partial charge in [-0.05, 0) is 97.7 Å². The van der Waals surface area contributed by atoms with E-state index in [1.165, 1.54) is 51.4 Å². The first-order valence-corrected chi connectivity index (χ1v) is 20.8. The van der Waals surface area contributed by atoms with Crippen molar-refractivity contribution in [1.29, 1.82) is 0 Å². The van der Waals surface area contributed by atoms with Crippen LogP contribution in [0.3, 0.4) is 0 Å². The topological polar surface area (TPSA) is 122 Å². The van der Waals surface area contributed by atoms with Gasteiger partial charge in [-0.25, -0.2) is 9.36 Å². The number of fused-ring (bicyclic) bond motifs is 5. The fraction of sp³-hybridized carbons (Fsp3) is 0.921. The molecule has 2 N–H and O–H groups in total. The Bertz CT molecular complexity index is 1100. The number of ether oxygens (including phenoxy) is 4. The van der Waals surface area contributed by atoms with Crippen LogP contribution in [-0.2, 0) is 32.6 Å². The maximum atomic E-state index is 12.6. The van der Waals surface area contributed by atoms with Crippen LogP contribution >= 0.6 is 7.82 Å². The molecule has 0 spiro atoms. The van der Waals surface area contributed by atoms with Gasteiger partial charge in [0.15, 0.2) is 0 Å². The van der Waals surface area contributed by atoms with Crippen LogP contribution in [0, 0.1) is 46.3 Å². The molecule has 4 aliphatic rings. The number of alkyl carbamates (subject to hydrolysis) is 1. The normalized spacial score (nSPS) is 32.8. The highest BCUT2D eigenvalue weighted by Gasteiger charge is 2.59. The molecule has 3 fully saturated rings. The molecule has 0 aliphatic heterocycles. The van der Waals surface area contributed by atoms with Crippen LogP contribution < -0.4 is 5.32 Å². The molecule has 4 aliphatic carbocycles. The molecular formula is C38H68NO9P. The van der Waals surface area contributed by atoms with E-state index in [4.69, 9.17) is 23.8 Å². The predicted octanol–water partition coefficient (Wildman–Crippen LogP) is 8.33. The van der Waals surface area contributed by atoms with Gasteiger partial charge in [0, 0.05) is 26.7 Å². The maximum Gasteiger partial charge on any atom is 0.471 e. The van der Waals surface area contributed by atoms with Gasteiger partial charge in [0.2, 0.25) is 0 Å². The summed E-state index contributed by atoms with van der Waals surface area (Å²) < 4.78 is 42.3. The molecular weight excluding hydrogens is 645 g/mol. The van der Waals surface area contributed by atoms with Crippen molar-refractivity contribution in [3.8, 4) is 0 Å². The summed E-state index contributed by atoms with van der Waals surface area (Å²) in [6.07, 6.45) is 16.8. The SMILES string of the molecule is COP(=O)(O)OCCOCCOCCOCCCNC(=O)OC1CCC2(C)C(=CCC3C2CCC2(C)C(C(C)CCCC(C)C)CCC32)C1. The Balaban J connectivity index is 1.08. The summed E-state index contributed by atoms with van der Waals surface area (Å²) in [5.41, 5.74) is 2.31. The van der Waals surface area contributed by atoms with Crippen molar-refractivity contribution >= 4 is 13.9 Å². The van der Waals surface area contributed by atoms with E-state index in [0.717, 1.165) is 61.9 Å². The monoisotopic (exact) mass is 713 g/mol. The van der Waals surface area contributed by atoms with Crippen molar-refractivity contribution in [2.45, 2.75) is 118 Å². The Morgan fingerprint density at radius 3 is 2.31 bits per heavy atom. The number of nitrogens with one attached hydrogen (secondary N) is 1. The summed E-state index contributed by atoms with van der Waals surface area (Å²) in [6.45, 7) is 15.2. The second-order valence-electron chi connectivity index (χ2n) is 16.2. The fourth-order valence-electron chi connectivity index (χ4n) is 10.1. The molecule has 0 heterocycles. The molecule has 1 amide bonds. The lowest BCUT2D eigenvalue weighted by molar-refractivity contribution is -0.0581. The average Bonchev–Trinajstić information content (AvgIpc) is 3.42. The summed E-state index contributed by atoms with van der Waals surface area (Å²) in [7, 11) is -2.84. The highest BCUT2D eigenvalue weighted by atomic mass is 31.2. The Morgan fingerprint density at radius 1 is 0.918 bits per heavy atom. The van der Waals surface area contributed by atoms with E-state index >= 15 is 0 Å². The standard InChI is InChI=1S/C38H68NO9P/c1-28(2)9-7-10-29(3)33-13-14-34-32-12-11-30-27-31(15-17-37(30,4)35(32)16-18-38(33,34)5)48-36(40)39-19-8-20-44-21-22-45-23-24-46-25-26-47-49(41,42)43-6/h11,28-29,31-35H,7-10,12-27H2,1-6H3,(H,39,40)(H,41,42). The van der Waals surface area contributed by atoms with Crippen LogP contribution in [-0.4, -0.2) is 77.0 Å². The van der Waals surface area contributed by atoms with Crippen LogP contribution in [0.5, 0.6) is 0 Å². The summed E-state index contributed by atoms with van der Waals surface area (Å²) in [4.78, 5) is 21.7. The van der Waals surface area contributed by atoms with Gasteiger partial charge in [0.1, 0.15) is 6.10 Å². The van der Waals surface area contributed by atoms with Crippen molar-refractivity contribution in [3.63, 3.8) is 0 Å². The van der Waals surface area contributed by atoms with Crippen molar-refractivity contribution < 1.29 is 42.2 Å². The van der Waals surface area contributed by atoms with E-state index < -0.39 is 7.82 Å². The predicted molar refractivity (Wildman–Crippen MR) is 191 cm³/mol. The van der Waals surface area contributed by atoms with Gasteiger partial charge < -0.3 is 29.2 Å². The number of carbonyl (C=O) groups is 1. The number of phosphoric acid groups is 1. The van der Waals surface area contributed by atoms with Gasteiger partial charge in [0.25, 0.3) is 0 Å². The van der Waals surface area contributed by atoms with E-state index in [1.54, 1.807) is 5.57 Å². The molecule has 0 bridgehead atoms. The van der Waals surface area contributed by atoms with Crippen LogP contribution in [0.4, 0.5) is 4.79 Å². The van der Waals surface area contributed by atoms with Crippen molar-refractivity contribution in [2.24, 2.45) is 46.3 Å². The quantitative estimate of drug-likeness (QED) is 0.0687. The maximum absolute atomic E-state index is 12.6. The van der Waals surface area contributed by atoms with E-state index in [-0.39, 0.29) is 30.8 Å². The highest BCUT2D eigenvalue weighted by Crippen LogP contribution is 2.67. The number of hydrogen-bond acceptors (Lipinski definition) is 8. The third-order valence-electron chi connectivity index (χ3n) is 12.7. The number of hydrogen-bond donors (Lipinski definition) is 2. The van der Waals surface area contributed by atoms with Crippen LogP contribution in [0.15, 0.2) is 11.6 Å². The minimum atomic E-state index is -3.95. The number of phosphoric ester groups is 1. The Kier molecular flexibility index (Phi) is 16.0. The lowest BCUT2D eigenvalue weighted by Gasteiger charge is -2.58. The fourth-order valence-corrected chi connectivity index (χ4v) is 10.5. The molecule has 0 aromatic rings. The summed E-state index contributed by atoms with van der Waals surface area (Å²) in [6, 6.07) is 0. The zero-order chi connectivity index (χ0) is 35.5. The second kappa shape index (κ2) is 19.2. The van der Waals surface area contributed by atoms with Crippen molar-refractivity contribution in [3.05, 3.63) is 11.6 Å². The lowest BCUT2D eigenvalue weighted by atomic mass is 9.47. The van der Waals surface area contributed by atoms with Gasteiger partial charge >= 0.3 is 13.9 Å². The summed E-state index contributed by atoms with van der Waals surface area (Å²) in [5, 5.41) is 2.91. The second-order valence-corrected chi connectivity index (χ2v) is 17.7. The molecule has 9 atom stereocenters. The zero-order valence-corrected chi connectivity index (χ0v) is 32.3. The number of amides is 1. The van der Waals surface area contributed by atoms with E-state index in [1.807, 2.05) is 0 Å². The molecule has 4 rings (SSSR count). The molecule has 3 saturated carbocycles. The van der Waals surface area contributed by atoms with Crippen molar-refractivity contribution in [2.75, 3.05) is 59.9 Å². The molecule has 11 heteroatoms. The van der Waals surface area contributed by atoms with Gasteiger partial charge in [-0.1, -0.05) is 65.5 Å². The minimum Gasteiger partial charge on any atom is -0.446 e. The average molecular weight is 714 g/mol. The molecule has 0 aromatic carbocycles. The third kappa shape index (κ3) is 11.2. The zero-order valence-electron chi connectivity index (χ0n) is 31.4. The third-order valence-corrected chi connectivity index (χ3v) is 13.7. The molecule has 0 saturated heterocycles. The minimum absolute atomic E-state index is 0.0376. The van der Waals surface area contributed by atoms with E-state index in [9.17, 15) is 9.36 Å². The number of carbonyl (C=O) groups excluding carboxylic acids is 1. The lowest BCUT2D eigenvalue weighted by Crippen LogP contribution is -2.51. The largest absolute Gasteiger partial charge is 0.471 e. The van der Waals surface area contributed by atoms with E-state index in [0.29, 0.717) is 51.4 Å². The first-order valence-electron chi connectivity index (χ1n) is 19.3. The van der Waals surface area contributed by atoms with Crippen molar-refractivity contribution in [1.82, 2.24) is 5.32 Å². The smallest absolute Gasteiger partial charge is 0.446 e. The van der Waals surface area contributed by atoms with Crippen LogP contribution in [0.1, 0.15) is 112 Å². The molecule has 49 heavy (non-hydrogen) atoms. The number of rotatable bonds is 21. The molecule has 284 valence electrons. The Morgan fingerprint density at radius 2 is 1.61 bits per heavy atom. The molecule has 0 aromatic heterocycles. The first kappa shape index (κ1) is 40.8. The molecule has 0 radical (unpaired) electrons. The number of allylic oxidation sites excluding steroid dienone is 1. The van der Waals surface area contributed by atoms with Crippen LogP contribution in [0.2, 0.25) is 0 Å². The summed E-state index contributed by atoms with van der Waals surface area (Å²) >= 11 is 0. The van der Waals surface area contributed by atoms with Gasteiger partial charge in [-0.2, -0.15) is 0 Å². The first-order chi connectivity index (χ1) is 23.4.